The first-order valence-electron chi connectivity index (χ1n) is 33.3. The summed E-state index contributed by atoms with van der Waals surface area (Å²) in [5.74, 6) is 5.10. The number of carbonyl (C=O) groups is 1. The molecule has 0 atom stereocenters. The molecule has 5 N–H and O–H groups in total. The summed E-state index contributed by atoms with van der Waals surface area (Å²) >= 11 is 5.43. The summed E-state index contributed by atoms with van der Waals surface area (Å²) in [5.41, 5.74) is 8.20. The van der Waals surface area contributed by atoms with Gasteiger partial charge in [0.15, 0.2) is 0 Å². The van der Waals surface area contributed by atoms with Crippen LogP contribution in [0.5, 0.6) is 17.2 Å². The summed E-state index contributed by atoms with van der Waals surface area (Å²) in [6, 6.07) is 46.3. The fraction of sp³-hybridized carbons (Fsp3) is 0.416. The van der Waals surface area contributed by atoms with Crippen LogP contribution in [0.3, 0.4) is 0 Å². The number of ether oxygens (including phenoxy) is 3. The highest BCUT2D eigenvalue weighted by atomic mass is 32.2. The van der Waals surface area contributed by atoms with E-state index in [9.17, 15) is 0 Å². The first-order valence-corrected chi connectivity index (χ1v) is 35.8. The molecular formula is C77H96N6O5S3. The third kappa shape index (κ3) is 20.2. The molecule has 0 amide bonds. The second-order valence-corrected chi connectivity index (χ2v) is 28.0. The molecule has 0 spiro atoms. The van der Waals surface area contributed by atoms with Gasteiger partial charge in [0, 0.05) is 87.7 Å². The lowest BCUT2D eigenvalue weighted by Crippen LogP contribution is -2.37. The predicted molar refractivity (Wildman–Crippen MR) is 382 cm³/mol. The smallest absolute Gasteiger partial charge is 0.381 e. The van der Waals surface area contributed by atoms with Gasteiger partial charge in [-0.2, -0.15) is 0 Å². The molecule has 3 aliphatic heterocycles. The maximum atomic E-state index is 9.13. The van der Waals surface area contributed by atoms with E-state index in [2.05, 4.69) is 225 Å². The quantitative estimate of drug-likeness (QED) is 0.0328. The van der Waals surface area contributed by atoms with E-state index in [1.165, 1.54) is 162 Å². The number of nitrogens with zero attached hydrogens (tertiary/aromatic N) is 2. The van der Waals surface area contributed by atoms with Crippen LogP contribution in [0.4, 0.5) is 0 Å². The van der Waals surface area contributed by atoms with Gasteiger partial charge in [0.05, 0.1) is 24.2 Å². The Bertz CT molecular complexity index is 3710. The van der Waals surface area contributed by atoms with E-state index in [0.29, 0.717) is 23.8 Å². The van der Waals surface area contributed by atoms with Crippen molar-refractivity contribution in [2.45, 2.75) is 178 Å². The Balaban J connectivity index is 0.000000156. The minimum absolute atomic E-state index is 0.191. The van der Waals surface area contributed by atoms with Gasteiger partial charge in [-0.05, 0) is 275 Å². The summed E-state index contributed by atoms with van der Waals surface area (Å²) in [6.07, 6.45) is 24.5. The number of likely N-dealkylation sites (tertiary alicyclic amines) is 2. The molecule has 11 nitrogen and oxygen atoms in total. The Labute approximate surface area is 554 Å². The number of carboxylic acids is 1. The van der Waals surface area contributed by atoms with E-state index >= 15 is 0 Å². The van der Waals surface area contributed by atoms with Crippen molar-refractivity contribution in [2.24, 2.45) is 0 Å². The van der Waals surface area contributed by atoms with E-state index in [1.54, 1.807) is 23.5 Å². The van der Waals surface area contributed by atoms with E-state index < -0.39 is 5.97 Å². The molecule has 3 aliphatic rings. The van der Waals surface area contributed by atoms with Crippen molar-refractivity contribution in [3.8, 4) is 29.6 Å². The van der Waals surface area contributed by atoms with Gasteiger partial charge in [0.1, 0.15) is 17.2 Å². The number of terminal acetylenes is 1. The maximum Gasteiger partial charge on any atom is 0.381 e. The molecule has 6 aromatic carbocycles. The number of para-hydroxylation sites is 1. The Kier molecular flexibility index (Phi) is 26.7. The molecule has 6 heterocycles. The SMILES string of the molecule is C#CC(=O)O.CC(C)Oc1cccc(Sc2ccc3[nH]cc(C4CCN(C(C)C)CC4)c3c2)c1.CCCCOc1ccc(Sc2ccc3[nH]cc(C4CCNCC4)c3c2)cc1.CCCCOc1ccccc1Sc1ccc2[nH]cc(C3CCN(CCC)CC3)c2c1. The van der Waals surface area contributed by atoms with Gasteiger partial charge in [-0.3, -0.25) is 0 Å². The maximum absolute atomic E-state index is 9.13. The van der Waals surface area contributed by atoms with Gasteiger partial charge in [0.25, 0.3) is 0 Å². The molecule has 0 bridgehead atoms. The number of H-pyrrole nitrogens is 3. The number of aromatic amines is 3. The van der Waals surface area contributed by atoms with Crippen LogP contribution < -0.4 is 19.5 Å². The van der Waals surface area contributed by atoms with Crippen LogP contribution in [0.1, 0.15) is 154 Å². The van der Waals surface area contributed by atoms with Crippen molar-refractivity contribution in [3.05, 3.63) is 163 Å². The molecule has 0 saturated carbocycles. The average molecular weight is 1280 g/mol. The van der Waals surface area contributed by atoms with Crippen molar-refractivity contribution in [2.75, 3.05) is 59.0 Å². The number of carboxylic acid groups (broad SMARTS) is 1. The Morgan fingerprint density at radius 3 is 1.56 bits per heavy atom. The number of rotatable bonds is 22. The third-order valence-electron chi connectivity index (χ3n) is 17.3. The van der Waals surface area contributed by atoms with Crippen LogP contribution in [0.2, 0.25) is 0 Å². The Morgan fingerprint density at radius 1 is 0.560 bits per heavy atom. The first-order chi connectivity index (χ1) is 44.4. The standard InChI is InChI=1S/C26H34N2OS.C25H32N2OS.C23H28N2OS.C3H2O2/c1-3-5-17-29-25-8-6-7-9-26(25)30-21-10-11-24-22(18-21)23(19-27-24)20-12-15-28(14-4-2)16-13-20;1-17(2)27-12-10-19(11-13-27)24-16-26-25-9-8-22(15-23(24)25)29-21-7-5-6-20(14-21)28-18(3)4;1-2-3-14-26-18-4-6-19(7-5-18)27-20-8-9-23-21(15-20)22(16-25-23)17-10-12-24-13-11-17;1-2-3(4)5/h6-11,18-20,27H,3-5,12-17H2,1-2H3;5-9,14-19,26H,10-13H2,1-4H3;4-9,15-17,24-25H,2-3,10-14H2,1H3;1H,(H,4,5). The molecule has 0 aliphatic carbocycles. The van der Waals surface area contributed by atoms with Crippen LogP contribution in [0, 0.1) is 12.3 Å². The number of fused-ring (bicyclic) bond motifs is 3. The molecular weight excluding hydrogens is 1190 g/mol. The average Bonchev–Trinajstić information content (AvgIpc) is 1.84. The van der Waals surface area contributed by atoms with Crippen molar-refractivity contribution in [3.63, 3.8) is 0 Å². The molecule has 91 heavy (non-hydrogen) atoms. The van der Waals surface area contributed by atoms with E-state index in [0.717, 1.165) is 69.2 Å². The summed E-state index contributed by atoms with van der Waals surface area (Å²) in [4.78, 5) is 32.3. The number of nitrogens with one attached hydrogen (secondary N) is 4. The minimum atomic E-state index is -1.22. The number of aliphatic carboxylic acids is 1. The van der Waals surface area contributed by atoms with Gasteiger partial charge < -0.3 is 49.4 Å². The topological polar surface area (TPSA) is 131 Å². The van der Waals surface area contributed by atoms with Crippen molar-refractivity contribution in [1.29, 1.82) is 0 Å². The summed E-state index contributed by atoms with van der Waals surface area (Å²) in [5, 5.41) is 15.1. The van der Waals surface area contributed by atoms with Gasteiger partial charge in [-0.15, -0.1) is 6.42 Å². The molecule has 9 aromatic rings. The number of unbranched alkanes of at least 4 members (excludes halogenated alkanes) is 2. The molecule has 482 valence electrons. The summed E-state index contributed by atoms with van der Waals surface area (Å²) in [7, 11) is 0. The predicted octanol–water partition coefficient (Wildman–Crippen LogP) is 19.5. The van der Waals surface area contributed by atoms with Crippen molar-refractivity contribution >= 4 is 74.0 Å². The van der Waals surface area contributed by atoms with Crippen LogP contribution in [0.15, 0.2) is 175 Å². The highest BCUT2D eigenvalue weighted by Crippen LogP contribution is 2.42. The number of benzene rings is 6. The molecule has 3 saturated heterocycles. The van der Waals surface area contributed by atoms with Crippen molar-refractivity contribution < 1.29 is 24.1 Å². The van der Waals surface area contributed by atoms with E-state index in [1.807, 2.05) is 17.8 Å². The zero-order valence-electron chi connectivity index (χ0n) is 54.7. The number of aromatic nitrogens is 3. The lowest BCUT2D eigenvalue weighted by Gasteiger charge is -2.34. The van der Waals surface area contributed by atoms with Crippen LogP contribution in [-0.2, 0) is 4.79 Å². The Morgan fingerprint density at radius 2 is 1.04 bits per heavy atom. The van der Waals surface area contributed by atoms with Crippen LogP contribution >= 0.6 is 35.3 Å². The van der Waals surface area contributed by atoms with Crippen LogP contribution in [0.25, 0.3) is 32.7 Å². The molecule has 3 fully saturated rings. The highest BCUT2D eigenvalue weighted by molar-refractivity contribution is 8.00. The highest BCUT2D eigenvalue weighted by Gasteiger charge is 2.26. The zero-order valence-corrected chi connectivity index (χ0v) is 57.1. The van der Waals surface area contributed by atoms with Gasteiger partial charge in [-0.25, -0.2) is 4.79 Å². The molecule has 14 heteroatoms. The molecule has 0 unspecified atom stereocenters. The lowest BCUT2D eigenvalue weighted by atomic mass is 9.89. The summed E-state index contributed by atoms with van der Waals surface area (Å²) < 4.78 is 17.7. The first kappa shape index (κ1) is 68.7. The molecule has 12 rings (SSSR count). The van der Waals surface area contributed by atoms with Gasteiger partial charge in [0.2, 0.25) is 0 Å². The fourth-order valence-corrected chi connectivity index (χ4v) is 15.1. The largest absolute Gasteiger partial charge is 0.494 e. The van der Waals surface area contributed by atoms with Crippen molar-refractivity contribution in [1.82, 2.24) is 30.1 Å². The normalized spacial score (nSPS) is 15.2. The second kappa shape index (κ2) is 35.4. The fourth-order valence-electron chi connectivity index (χ4n) is 12.4. The van der Waals surface area contributed by atoms with Crippen LogP contribution in [-0.4, -0.2) is 107 Å². The second-order valence-electron chi connectivity index (χ2n) is 24.6. The third-order valence-corrected chi connectivity index (χ3v) is 20.3. The minimum Gasteiger partial charge on any atom is -0.494 e. The van der Waals surface area contributed by atoms with Gasteiger partial charge in [-0.1, -0.05) is 87.1 Å². The monoisotopic (exact) mass is 1280 g/mol. The summed E-state index contributed by atoms with van der Waals surface area (Å²) in [6.45, 7) is 25.3. The number of hydrogen-bond donors (Lipinski definition) is 5. The Hall–Kier alpha value is -6.70. The number of piperidine rings is 3. The number of hydrogen-bond acceptors (Lipinski definition) is 10. The molecule has 0 radical (unpaired) electrons. The van der Waals surface area contributed by atoms with Gasteiger partial charge >= 0.3 is 5.97 Å². The van der Waals surface area contributed by atoms with E-state index in [-0.39, 0.29) is 6.10 Å². The van der Waals surface area contributed by atoms with E-state index in [4.69, 9.17) is 24.1 Å². The molecule has 3 aromatic heterocycles. The lowest BCUT2D eigenvalue weighted by molar-refractivity contribution is -0.130. The zero-order chi connectivity index (χ0) is 63.9.